The molecule has 0 fully saturated rings. The molecule has 2 rings (SSSR count). The van der Waals surface area contributed by atoms with Crippen LogP contribution in [0.3, 0.4) is 0 Å². The molecule has 9 heteroatoms. The molecule has 0 saturated heterocycles. The lowest BCUT2D eigenvalue weighted by atomic mass is 10.3. The fourth-order valence-corrected chi connectivity index (χ4v) is 2.49. The standard InChI is InChI=1S/C12H9BrFN3O3S/c13-8-2-1-5-16-11(8)12(18)17-10-6-7(21(15,19)20)3-4-9(10)14/h1-6H,(H,17,18)(H2,15,19,20). The molecule has 0 bridgehead atoms. The van der Waals surface area contributed by atoms with Crippen molar-refractivity contribution < 1.29 is 17.6 Å². The summed E-state index contributed by atoms with van der Waals surface area (Å²) in [5, 5.41) is 7.21. The molecule has 110 valence electrons. The summed E-state index contributed by atoms with van der Waals surface area (Å²) < 4.78 is 36.5. The Hall–Kier alpha value is -1.84. The molecule has 0 saturated carbocycles. The molecule has 21 heavy (non-hydrogen) atoms. The van der Waals surface area contributed by atoms with Crippen LogP contribution in [0.2, 0.25) is 0 Å². The summed E-state index contributed by atoms with van der Waals surface area (Å²) in [6, 6.07) is 6.07. The lowest BCUT2D eigenvalue weighted by Crippen LogP contribution is -2.17. The van der Waals surface area contributed by atoms with Gasteiger partial charge in [-0.25, -0.2) is 22.9 Å². The van der Waals surface area contributed by atoms with Gasteiger partial charge >= 0.3 is 0 Å². The average Bonchev–Trinajstić information content (AvgIpc) is 2.40. The highest BCUT2D eigenvalue weighted by atomic mass is 79.9. The van der Waals surface area contributed by atoms with Crippen molar-refractivity contribution in [3.05, 3.63) is 52.5 Å². The molecule has 1 aromatic heterocycles. The third kappa shape index (κ3) is 3.63. The monoisotopic (exact) mass is 373 g/mol. The number of aromatic nitrogens is 1. The Morgan fingerprint density at radius 2 is 2.05 bits per heavy atom. The molecule has 0 unspecified atom stereocenters. The van der Waals surface area contributed by atoms with Crippen LogP contribution in [0.25, 0.3) is 0 Å². The third-order valence-corrected chi connectivity index (χ3v) is 4.04. The van der Waals surface area contributed by atoms with Crippen molar-refractivity contribution in [1.29, 1.82) is 0 Å². The summed E-state index contributed by atoms with van der Waals surface area (Å²) in [6.07, 6.45) is 1.40. The van der Waals surface area contributed by atoms with Gasteiger partial charge in [-0.15, -0.1) is 0 Å². The van der Waals surface area contributed by atoms with E-state index in [1.165, 1.54) is 6.20 Å². The fourth-order valence-electron chi connectivity index (χ4n) is 1.51. The van der Waals surface area contributed by atoms with Crippen LogP contribution in [0.4, 0.5) is 10.1 Å². The molecule has 6 nitrogen and oxygen atoms in total. The second-order valence-corrected chi connectivity index (χ2v) is 6.39. The number of primary sulfonamides is 1. The van der Waals surface area contributed by atoms with E-state index in [1.54, 1.807) is 12.1 Å². The van der Waals surface area contributed by atoms with Crippen LogP contribution in [0.1, 0.15) is 10.5 Å². The molecule has 0 aliphatic carbocycles. The molecule has 1 amide bonds. The Morgan fingerprint density at radius 1 is 1.33 bits per heavy atom. The van der Waals surface area contributed by atoms with Gasteiger partial charge in [-0.05, 0) is 46.3 Å². The highest BCUT2D eigenvalue weighted by Gasteiger charge is 2.16. The van der Waals surface area contributed by atoms with Gasteiger partial charge in [0.1, 0.15) is 11.5 Å². The van der Waals surface area contributed by atoms with E-state index in [1.807, 2.05) is 0 Å². The Morgan fingerprint density at radius 3 is 2.67 bits per heavy atom. The van der Waals surface area contributed by atoms with Crippen LogP contribution in [0.15, 0.2) is 45.9 Å². The number of amides is 1. The zero-order chi connectivity index (χ0) is 15.6. The van der Waals surface area contributed by atoms with E-state index >= 15 is 0 Å². The summed E-state index contributed by atoms with van der Waals surface area (Å²) in [4.78, 5) is 15.5. The van der Waals surface area contributed by atoms with E-state index in [-0.39, 0.29) is 16.3 Å². The maximum Gasteiger partial charge on any atom is 0.275 e. The van der Waals surface area contributed by atoms with Crippen molar-refractivity contribution in [3.8, 4) is 0 Å². The molecule has 0 aliphatic heterocycles. The van der Waals surface area contributed by atoms with Crippen LogP contribution in [-0.2, 0) is 10.0 Å². The zero-order valence-corrected chi connectivity index (χ0v) is 12.8. The van der Waals surface area contributed by atoms with E-state index in [4.69, 9.17) is 5.14 Å². The number of anilines is 1. The molecule has 1 aromatic carbocycles. The van der Waals surface area contributed by atoms with E-state index in [9.17, 15) is 17.6 Å². The number of pyridine rings is 1. The smallest absolute Gasteiger partial charge is 0.275 e. The number of sulfonamides is 1. The number of nitrogens with two attached hydrogens (primary N) is 1. The van der Waals surface area contributed by atoms with Crippen molar-refractivity contribution in [3.63, 3.8) is 0 Å². The van der Waals surface area contributed by atoms with Gasteiger partial charge in [-0.3, -0.25) is 4.79 Å². The topological polar surface area (TPSA) is 102 Å². The predicted octanol–water partition coefficient (Wildman–Crippen LogP) is 1.88. The van der Waals surface area contributed by atoms with Crippen LogP contribution in [0, 0.1) is 5.82 Å². The Labute approximate surface area is 128 Å². The molecular formula is C12H9BrFN3O3S. The summed E-state index contributed by atoms with van der Waals surface area (Å²) in [7, 11) is -3.99. The fraction of sp³-hybridized carbons (Fsp3) is 0. The number of rotatable bonds is 3. The highest BCUT2D eigenvalue weighted by Crippen LogP contribution is 2.21. The van der Waals surface area contributed by atoms with Crippen molar-refractivity contribution >= 4 is 37.5 Å². The van der Waals surface area contributed by atoms with Gasteiger partial charge in [-0.1, -0.05) is 0 Å². The molecule has 2 aromatic rings. The van der Waals surface area contributed by atoms with Crippen LogP contribution >= 0.6 is 15.9 Å². The number of hydrogen-bond acceptors (Lipinski definition) is 4. The summed E-state index contributed by atoms with van der Waals surface area (Å²) in [5.74, 6) is -1.48. The van der Waals surface area contributed by atoms with E-state index in [2.05, 4.69) is 26.2 Å². The van der Waals surface area contributed by atoms with Gasteiger partial charge in [0.05, 0.1) is 10.6 Å². The zero-order valence-electron chi connectivity index (χ0n) is 10.4. The second-order valence-electron chi connectivity index (χ2n) is 3.97. The molecule has 1 heterocycles. The second kappa shape index (κ2) is 5.88. The van der Waals surface area contributed by atoms with Crippen LogP contribution in [-0.4, -0.2) is 19.3 Å². The minimum Gasteiger partial charge on any atom is -0.318 e. The quantitative estimate of drug-likeness (QED) is 0.857. The van der Waals surface area contributed by atoms with Crippen molar-refractivity contribution in [2.45, 2.75) is 4.90 Å². The van der Waals surface area contributed by atoms with Crippen LogP contribution < -0.4 is 10.5 Å². The Kier molecular flexibility index (Phi) is 4.35. The number of carbonyl (C=O) groups excluding carboxylic acids is 1. The summed E-state index contributed by atoms with van der Waals surface area (Å²) >= 11 is 3.14. The van der Waals surface area contributed by atoms with Gasteiger partial charge in [0.2, 0.25) is 10.0 Å². The van der Waals surface area contributed by atoms with Gasteiger partial charge in [-0.2, -0.15) is 0 Å². The predicted molar refractivity (Wildman–Crippen MR) is 77.7 cm³/mol. The van der Waals surface area contributed by atoms with Crippen molar-refractivity contribution in [2.75, 3.05) is 5.32 Å². The van der Waals surface area contributed by atoms with Gasteiger partial charge in [0.25, 0.3) is 5.91 Å². The normalized spacial score (nSPS) is 11.2. The van der Waals surface area contributed by atoms with Crippen molar-refractivity contribution in [2.24, 2.45) is 5.14 Å². The minimum atomic E-state index is -3.99. The van der Waals surface area contributed by atoms with Gasteiger partial charge in [0.15, 0.2) is 0 Å². The Balaban J connectivity index is 2.36. The highest BCUT2D eigenvalue weighted by molar-refractivity contribution is 9.10. The molecule has 0 aliphatic rings. The van der Waals surface area contributed by atoms with E-state index in [0.29, 0.717) is 4.47 Å². The number of halogens is 2. The first kappa shape index (κ1) is 15.5. The SMILES string of the molecule is NS(=O)(=O)c1ccc(F)c(NC(=O)c2ncccc2Br)c1. The average molecular weight is 374 g/mol. The van der Waals surface area contributed by atoms with Gasteiger partial charge < -0.3 is 5.32 Å². The summed E-state index contributed by atoms with van der Waals surface area (Å²) in [5.41, 5.74) is -0.262. The van der Waals surface area contributed by atoms with E-state index < -0.39 is 21.7 Å². The molecule has 3 N–H and O–H groups in total. The number of benzene rings is 1. The minimum absolute atomic E-state index is 0.0397. The number of carbonyl (C=O) groups is 1. The first-order chi connectivity index (χ1) is 9.79. The molecular weight excluding hydrogens is 365 g/mol. The molecule has 0 radical (unpaired) electrons. The lowest BCUT2D eigenvalue weighted by Gasteiger charge is -2.08. The first-order valence-corrected chi connectivity index (χ1v) is 7.87. The number of nitrogens with one attached hydrogen (secondary N) is 1. The first-order valence-electron chi connectivity index (χ1n) is 5.53. The van der Waals surface area contributed by atoms with Crippen LogP contribution in [0.5, 0.6) is 0 Å². The summed E-state index contributed by atoms with van der Waals surface area (Å²) in [6.45, 7) is 0. The van der Waals surface area contributed by atoms with Crippen molar-refractivity contribution in [1.82, 2.24) is 4.98 Å². The van der Waals surface area contributed by atoms with E-state index in [0.717, 1.165) is 18.2 Å². The molecule has 0 spiro atoms. The Bertz CT molecular complexity index is 811. The lowest BCUT2D eigenvalue weighted by molar-refractivity contribution is 0.102. The number of hydrogen-bond donors (Lipinski definition) is 2. The maximum absolute atomic E-state index is 13.7. The largest absolute Gasteiger partial charge is 0.318 e. The molecule has 0 atom stereocenters. The van der Waals surface area contributed by atoms with Gasteiger partial charge in [0, 0.05) is 10.7 Å². The maximum atomic E-state index is 13.7. The number of nitrogens with zero attached hydrogens (tertiary/aromatic N) is 1. The third-order valence-electron chi connectivity index (χ3n) is 2.49.